The summed E-state index contributed by atoms with van der Waals surface area (Å²) in [7, 11) is 0. The summed E-state index contributed by atoms with van der Waals surface area (Å²) in [5.41, 5.74) is 0.258. The summed E-state index contributed by atoms with van der Waals surface area (Å²) in [4.78, 5) is 40.9. The summed E-state index contributed by atoms with van der Waals surface area (Å²) in [5.74, 6) is -0.823. The number of para-hydroxylation sites is 1. The van der Waals surface area contributed by atoms with Crippen LogP contribution in [0.2, 0.25) is 0 Å². The van der Waals surface area contributed by atoms with Crippen LogP contribution in [0.5, 0.6) is 5.75 Å². The minimum absolute atomic E-state index is 0.0204. The van der Waals surface area contributed by atoms with Crippen molar-refractivity contribution in [3.8, 4) is 5.75 Å². The largest absolute Gasteiger partial charge is 0.507 e. The summed E-state index contributed by atoms with van der Waals surface area (Å²) in [6.07, 6.45) is 4.12. The number of carbonyl (C=O) groups excluding carboxylic acids is 3. The maximum Gasteiger partial charge on any atom is 0.408 e. The van der Waals surface area contributed by atoms with E-state index in [1.54, 1.807) is 52.8 Å². The molecule has 0 aliphatic heterocycles. The quantitative estimate of drug-likeness (QED) is 0.358. The number of carbonyl (C=O) groups is 3. The highest BCUT2D eigenvalue weighted by Gasteiger charge is 2.36. The highest BCUT2D eigenvalue weighted by Crippen LogP contribution is 2.32. The van der Waals surface area contributed by atoms with Gasteiger partial charge in [0.25, 0.3) is 0 Å². The first-order valence-corrected chi connectivity index (χ1v) is 12.7. The maximum absolute atomic E-state index is 13.7. The average molecular weight is 492 g/mol. The standard InChI is InChI=1S/C27H45N3O5/c1-9-10-11-12-13-17-30(25(33)20(5)29-26(34)35-27(6,7)8)22(24(32)28-18(2)3)21-16-14-15-19(4)23(21)31/h14-16,18,20,22,31H,9-13,17H2,1-8H3,(H,28,32)(H,29,34). The van der Waals surface area contributed by atoms with Crippen LogP contribution in [0.15, 0.2) is 18.2 Å². The fourth-order valence-corrected chi connectivity index (χ4v) is 3.76. The molecule has 0 bridgehead atoms. The third-order valence-corrected chi connectivity index (χ3v) is 5.44. The molecule has 3 N–H and O–H groups in total. The van der Waals surface area contributed by atoms with E-state index in [0.717, 1.165) is 25.7 Å². The smallest absolute Gasteiger partial charge is 0.408 e. The Labute approximate surface area is 210 Å². The lowest BCUT2D eigenvalue weighted by molar-refractivity contribution is -0.142. The molecule has 0 heterocycles. The Bertz CT molecular complexity index is 848. The Balaban J connectivity index is 3.35. The first kappa shape index (κ1) is 30.3. The molecule has 0 aliphatic rings. The first-order valence-electron chi connectivity index (χ1n) is 12.7. The number of aromatic hydroxyl groups is 1. The first-order chi connectivity index (χ1) is 16.3. The van der Waals surface area contributed by atoms with Gasteiger partial charge in [-0.15, -0.1) is 0 Å². The van der Waals surface area contributed by atoms with Gasteiger partial charge in [-0.3, -0.25) is 9.59 Å². The average Bonchev–Trinajstić information content (AvgIpc) is 2.72. The van der Waals surface area contributed by atoms with Crippen LogP contribution in [0.25, 0.3) is 0 Å². The number of rotatable bonds is 12. The van der Waals surface area contributed by atoms with Crippen LogP contribution in [0.3, 0.4) is 0 Å². The van der Waals surface area contributed by atoms with Crippen molar-refractivity contribution in [1.29, 1.82) is 0 Å². The number of hydrogen-bond acceptors (Lipinski definition) is 5. The molecule has 1 aromatic rings. The molecular weight excluding hydrogens is 446 g/mol. The number of unbranched alkanes of at least 4 members (excludes halogenated alkanes) is 4. The lowest BCUT2D eigenvalue weighted by atomic mass is 9.98. The van der Waals surface area contributed by atoms with E-state index in [1.807, 2.05) is 13.8 Å². The topological polar surface area (TPSA) is 108 Å². The molecule has 0 radical (unpaired) electrons. The number of aryl methyl sites for hydroxylation is 1. The molecule has 198 valence electrons. The second-order valence-corrected chi connectivity index (χ2v) is 10.4. The van der Waals surface area contributed by atoms with Crippen LogP contribution >= 0.6 is 0 Å². The predicted molar refractivity (Wildman–Crippen MR) is 138 cm³/mol. The van der Waals surface area contributed by atoms with E-state index >= 15 is 0 Å². The zero-order chi connectivity index (χ0) is 26.8. The number of amides is 3. The number of hydrogen-bond donors (Lipinski definition) is 3. The highest BCUT2D eigenvalue weighted by atomic mass is 16.6. The summed E-state index contributed by atoms with van der Waals surface area (Å²) in [5, 5.41) is 16.3. The minimum Gasteiger partial charge on any atom is -0.507 e. The van der Waals surface area contributed by atoms with Crippen molar-refractivity contribution in [2.45, 2.75) is 111 Å². The van der Waals surface area contributed by atoms with Crippen LogP contribution in [0.1, 0.15) is 97.7 Å². The van der Waals surface area contributed by atoms with Gasteiger partial charge in [-0.1, -0.05) is 50.8 Å². The zero-order valence-corrected chi connectivity index (χ0v) is 22.7. The molecule has 0 saturated carbocycles. The number of ether oxygens (including phenoxy) is 1. The van der Waals surface area contributed by atoms with Crippen LogP contribution in [-0.4, -0.2) is 52.1 Å². The van der Waals surface area contributed by atoms with Gasteiger partial charge in [-0.25, -0.2) is 4.79 Å². The second-order valence-electron chi connectivity index (χ2n) is 10.4. The van der Waals surface area contributed by atoms with E-state index < -0.39 is 29.7 Å². The monoisotopic (exact) mass is 491 g/mol. The van der Waals surface area contributed by atoms with Gasteiger partial charge >= 0.3 is 6.09 Å². The lowest BCUT2D eigenvalue weighted by Crippen LogP contribution is -2.52. The molecule has 1 rings (SSSR count). The Morgan fingerprint density at radius 2 is 1.66 bits per heavy atom. The fourth-order valence-electron chi connectivity index (χ4n) is 3.76. The molecule has 35 heavy (non-hydrogen) atoms. The van der Waals surface area contributed by atoms with Crippen molar-refractivity contribution in [3.05, 3.63) is 29.3 Å². The zero-order valence-electron chi connectivity index (χ0n) is 22.7. The van der Waals surface area contributed by atoms with Crippen LogP contribution in [0, 0.1) is 6.92 Å². The predicted octanol–water partition coefficient (Wildman–Crippen LogP) is 4.98. The number of benzene rings is 1. The highest BCUT2D eigenvalue weighted by molar-refractivity contribution is 5.92. The van der Waals surface area contributed by atoms with Gasteiger partial charge in [0.15, 0.2) is 0 Å². The van der Waals surface area contributed by atoms with Gasteiger partial charge in [0, 0.05) is 18.2 Å². The Hall–Kier alpha value is -2.77. The molecule has 0 fully saturated rings. The Kier molecular flexibility index (Phi) is 12.1. The second kappa shape index (κ2) is 14.0. The lowest BCUT2D eigenvalue weighted by Gasteiger charge is -2.34. The number of phenolic OH excluding ortho intramolecular Hbond substituents is 1. The van der Waals surface area contributed by atoms with E-state index in [2.05, 4.69) is 17.6 Å². The van der Waals surface area contributed by atoms with Crippen LogP contribution in [-0.2, 0) is 14.3 Å². The SMILES string of the molecule is CCCCCCCN(C(=O)C(C)NC(=O)OC(C)(C)C)C(C(=O)NC(C)C)c1cccc(C)c1O. The van der Waals surface area contributed by atoms with Crippen LogP contribution in [0.4, 0.5) is 4.79 Å². The molecule has 1 aromatic carbocycles. The molecule has 2 unspecified atom stereocenters. The van der Waals surface area contributed by atoms with Gasteiger partial charge in [0.2, 0.25) is 11.8 Å². The van der Waals surface area contributed by atoms with Crippen LogP contribution < -0.4 is 10.6 Å². The fraction of sp³-hybridized carbons (Fsp3) is 0.667. The van der Waals surface area contributed by atoms with Crippen molar-refractivity contribution < 1.29 is 24.2 Å². The Morgan fingerprint density at radius 1 is 1.03 bits per heavy atom. The van der Waals surface area contributed by atoms with Crippen molar-refractivity contribution in [3.63, 3.8) is 0 Å². The van der Waals surface area contributed by atoms with Gasteiger partial charge in [0.1, 0.15) is 23.4 Å². The minimum atomic E-state index is -1.04. The third-order valence-electron chi connectivity index (χ3n) is 5.44. The van der Waals surface area contributed by atoms with Gasteiger partial charge < -0.3 is 25.4 Å². The number of alkyl carbamates (subject to hydrolysis) is 1. The van der Waals surface area contributed by atoms with E-state index in [1.165, 1.54) is 4.90 Å². The van der Waals surface area contributed by atoms with Crippen molar-refractivity contribution in [2.24, 2.45) is 0 Å². The summed E-state index contributed by atoms with van der Waals surface area (Å²) >= 11 is 0. The van der Waals surface area contributed by atoms with E-state index in [-0.39, 0.29) is 17.7 Å². The molecule has 0 aliphatic carbocycles. The summed E-state index contributed by atoms with van der Waals surface area (Å²) in [6.45, 7) is 14.7. The molecule has 0 spiro atoms. The summed E-state index contributed by atoms with van der Waals surface area (Å²) in [6, 6.07) is 3.04. The summed E-state index contributed by atoms with van der Waals surface area (Å²) < 4.78 is 5.30. The van der Waals surface area contributed by atoms with Crippen molar-refractivity contribution in [2.75, 3.05) is 6.54 Å². The normalized spacial score (nSPS) is 13.2. The van der Waals surface area contributed by atoms with Crippen molar-refractivity contribution >= 4 is 17.9 Å². The number of nitrogens with one attached hydrogen (secondary N) is 2. The van der Waals surface area contributed by atoms with Gasteiger partial charge in [-0.05, 0) is 60.5 Å². The molecule has 8 nitrogen and oxygen atoms in total. The van der Waals surface area contributed by atoms with E-state index in [0.29, 0.717) is 24.1 Å². The number of nitrogens with zero attached hydrogens (tertiary/aromatic N) is 1. The maximum atomic E-state index is 13.7. The molecule has 8 heteroatoms. The van der Waals surface area contributed by atoms with Crippen molar-refractivity contribution in [1.82, 2.24) is 15.5 Å². The van der Waals surface area contributed by atoms with Gasteiger partial charge in [-0.2, -0.15) is 0 Å². The Morgan fingerprint density at radius 3 is 2.23 bits per heavy atom. The molecule has 3 amide bonds. The molecule has 0 aromatic heterocycles. The van der Waals surface area contributed by atoms with E-state index in [4.69, 9.17) is 4.74 Å². The third kappa shape index (κ3) is 10.2. The molecule has 0 saturated heterocycles. The molecular formula is C27H45N3O5. The van der Waals surface area contributed by atoms with Gasteiger partial charge in [0.05, 0.1) is 0 Å². The van der Waals surface area contributed by atoms with E-state index in [9.17, 15) is 19.5 Å². The molecule has 2 atom stereocenters. The number of phenols is 1.